The summed E-state index contributed by atoms with van der Waals surface area (Å²) in [5.41, 5.74) is 0. The van der Waals surface area contributed by atoms with E-state index >= 15 is 4.11 Å². The van der Waals surface area contributed by atoms with Crippen LogP contribution in [0.5, 0.6) is 0 Å². The van der Waals surface area contributed by atoms with Gasteiger partial charge >= 0.3 is 0 Å². The van der Waals surface area contributed by atoms with Crippen LogP contribution in [0.4, 0.5) is 4.11 Å². The van der Waals surface area contributed by atoms with Crippen molar-refractivity contribution in [2.24, 2.45) is 0 Å². The van der Waals surface area contributed by atoms with Gasteiger partial charge in [-0.25, -0.2) is 0 Å². The fraction of sp³-hybridized carbons (Fsp3) is 1.00. The molecule has 0 N–H and O–H groups in total. The molecule has 0 aromatic rings. The minimum absolute atomic E-state index is 0.964. The van der Waals surface area contributed by atoms with E-state index < -0.39 is 8.41 Å². The second-order valence-electron chi connectivity index (χ2n) is 10.1. The van der Waals surface area contributed by atoms with E-state index in [-0.39, 0.29) is 0 Å². The Morgan fingerprint density at radius 3 is 0.767 bits per heavy atom. The Hall–Kier alpha value is 0.147. The Morgan fingerprint density at radius 2 is 0.533 bits per heavy atom. The summed E-state index contributed by atoms with van der Waals surface area (Å²) in [6, 6.07) is 2.89. The molecule has 0 aliphatic rings. The lowest BCUT2D eigenvalue weighted by Gasteiger charge is -2.23. The van der Waals surface area contributed by atoms with Gasteiger partial charge in [0.1, 0.15) is 0 Å². The molecule has 30 heavy (non-hydrogen) atoms. The summed E-state index contributed by atoms with van der Waals surface area (Å²) < 4.78 is 15.8. The van der Waals surface area contributed by atoms with E-state index in [4.69, 9.17) is 0 Å². The molecular formula is C28H59FSi. The molecule has 0 aliphatic carbocycles. The summed E-state index contributed by atoms with van der Waals surface area (Å²) in [4.78, 5) is 0. The van der Waals surface area contributed by atoms with Gasteiger partial charge in [-0.05, 0) is 18.1 Å². The van der Waals surface area contributed by atoms with Gasteiger partial charge in [-0.3, -0.25) is 0 Å². The summed E-state index contributed by atoms with van der Waals surface area (Å²) in [6.07, 6.45) is 29.1. The van der Waals surface area contributed by atoms with Gasteiger partial charge in [0.05, 0.1) is 0 Å². The van der Waals surface area contributed by atoms with Crippen molar-refractivity contribution in [3.63, 3.8) is 0 Å². The summed E-state index contributed by atoms with van der Waals surface area (Å²) >= 11 is 0. The van der Waals surface area contributed by atoms with E-state index in [0.717, 1.165) is 18.1 Å². The van der Waals surface area contributed by atoms with Crippen LogP contribution in [0.25, 0.3) is 0 Å². The van der Waals surface area contributed by atoms with Crippen LogP contribution >= 0.6 is 0 Å². The minimum Gasteiger partial charge on any atom is -0.314 e. The van der Waals surface area contributed by atoms with Gasteiger partial charge in [0.2, 0.25) is 8.41 Å². The topological polar surface area (TPSA) is 0 Å². The molecule has 0 amide bonds. The number of hydrogen-bond acceptors (Lipinski definition) is 0. The number of halogens is 1. The zero-order chi connectivity index (χ0) is 22.2. The molecule has 0 fully saturated rings. The first kappa shape index (κ1) is 30.1. The number of hydrogen-bond donors (Lipinski definition) is 0. The maximum absolute atomic E-state index is 15.8. The fourth-order valence-corrected chi connectivity index (χ4v) is 8.15. The van der Waals surface area contributed by atoms with Gasteiger partial charge in [-0.1, -0.05) is 162 Å². The predicted octanol–water partition coefficient (Wildman–Crippen LogP) is 11.5. The van der Waals surface area contributed by atoms with Crippen molar-refractivity contribution in [2.45, 2.75) is 180 Å². The van der Waals surface area contributed by atoms with Crippen molar-refractivity contribution in [1.29, 1.82) is 0 Å². The minimum atomic E-state index is -2.48. The summed E-state index contributed by atoms with van der Waals surface area (Å²) in [5, 5.41) is 0. The highest BCUT2D eigenvalue weighted by atomic mass is 28.4. The highest BCUT2D eigenvalue weighted by molar-refractivity contribution is 6.73. The zero-order valence-electron chi connectivity index (χ0n) is 21.6. The van der Waals surface area contributed by atoms with E-state index in [9.17, 15) is 0 Å². The van der Waals surface area contributed by atoms with Crippen LogP contribution in [0.2, 0.25) is 18.1 Å². The third kappa shape index (κ3) is 21.4. The Kier molecular flexibility index (Phi) is 23.9. The summed E-state index contributed by atoms with van der Waals surface area (Å²) in [6.45, 7) is 6.83. The van der Waals surface area contributed by atoms with Gasteiger partial charge in [0.25, 0.3) is 0 Å². The Morgan fingerprint density at radius 1 is 0.333 bits per heavy atom. The van der Waals surface area contributed by atoms with Crippen LogP contribution in [0, 0.1) is 0 Å². The molecule has 0 nitrogen and oxygen atoms in total. The average Bonchev–Trinajstić information content (AvgIpc) is 2.74. The first-order chi connectivity index (χ1) is 14.7. The standard InChI is InChI=1S/C28H59FSi/c1-4-7-10-13-16-17-18-19-22-25-28-30(29,26-23-20-14-11-8-5-2)27-24-21-15-12-9-6-3/h4-28H2,1-3H3. The lowest BCUT2D eigenvalue weighted by molar-refractivity contribution is 0.556. The molecular weight excluding hydrogens is 383 g/mol. The largest absolute Gasteiger partial charge is 0.314 e. The fourth-order valence-electron chi connectivity index (χ4n) is 4.75. The van der Waals surface area contributed by atoms with Gasteiger partial charge in [-0.15, -0.1) is 0 Å². The van der Waals surface area contributed by atoms with Crippen LogP contribution in [0.1, 0.15) is 162 Å². The Labute approximate surface area is 192 Å². The smallest absolute Gasteiger partial charge is 0.247 e. The lowest BCUT2D eigenvalue weighted by atomic mass is 10.1. The lowest BCUT2D eigenvalue weighted by Crippen LogP contribution is -2.28. The second-order valence-corrected chi connectivity index (χ2v) is 13.9. The van der Waals surface area contributed by atoms with Crippen molar-refractivity contribution in [3.05, 3.63) is 0 Å². The first-order valence-electron chi connectivity index (χ1n) is 14.4. The second kappa shape index (κ2) is 23.8. The molecule has 0 unspecified atom stereocenters. The molecule has 0 heterocycles. The zero-order valence-corrected chi connectivity index (χ0v) is 22.6. The highest BCUT2D eigenvalue weighted by Crippen LogP contribution is 2.31. The molecule has 182 valence electrons. The summed E-state index contributed by atoms with van der Waals surface area (Å²) in [7, 11) is -2.48. The first-order valence-corrected chi connectivity index (χ1v) is 16.9. The molecule has 0 aliphatic heterocycles. The number of unbranched alkanes of at least 4 members (excludes halogenated alkanes) is 19. The SMILES string of the molecule is CCCCCCCCCCCC[Si](F)(CCCCCCCC)CCCCCCCC. The molecule has 2 heteroatoms. The molecule has 0 spiro atoms. The van der Waals surface area contributed by atoms with Crippen LogP contribution in [0.15, 0.2) is 0 Å². The molecule has 0 atom stereocenters. The van der Waals surface area contributed by atoms with Gasteiger partial charge < -0.3 is 4.11 Å². The van der Waals surface area contributed by atoms with E-state index in [0.29, 0.717) is 0 Å². The molecule has 0 aromatic carbocycles. The third-order valence-corrected chi connectivity index (χ3v) is 10.7. The molecule has 0 saturated carbocycles. The molecule has 0 saturated heterocycles. The van der Waals surface area contributed by atoms with Gasteiger partial charge in [-0.2, -0.15) is 0 Å². The normalized spacial score (nSPS) is 12.0. The highest BCUT2D eigenvalue weighted by Gasteiger charge is 2.32. The van der Waals surface area contributed by atoms with Crippen LogP contribution in [0.3, 0.4) is 0 Å². The Balaban J connectivity index is 3.97. The van der Waals surface area contributed by atoms with Gasteiger partial charge in [0, 0.05) is 0 Å². The third-order valence-electron chi connectivity index (χ3n) is 6.94. The predicted molar refractivity (Wildman–Crippen MR) is 140 cm³/mol. The van der Waals surface area contributed by atoms with Gasteiger partial charge in [0.15, 0.2) is 0 Å². The van der Waals surface area contributed by atoms with Crippen molar-refractivity contribution in [1.82, 2.24) is 0 Å². The number of rotatable bonds is 25. The van der Waals surface area contributed by atoms with Crippen LogP contribution in [-0.4, -0.2) is 8.41 Å². The maximum atomic E-state index is 15.8. The molecule has 0 rings (SSSR count). The van der Waals surface area contributed by atoms with Crippen LogP contribution in [-0.2, 0) is 0 Å². The quantitative estimate of drug-likeness (QED) is 0.0748. The maximum Gasteiger partial charge on any atom is 0.247 e. The van der Waals surface area contributed by atoms with E-state index in [1.165, 1.54) is 141 Å². The average molecular weight is 443 g/mol. The van der Waals surface area contributed by atoms with Crippen LogP contribution < -0.4 is 0 Å². The van der Waals surface area contributed by atoms with Crippen molar-refractivity contribution < 1.29 is 4.11 Å². The molecule has 0 aromatic heterocycles. The van der Waals surface area contributed by atoms with E-state index in [1.807, 2.05) is 0 Å². The summed E-state index contributed by atoms with van der Waals surface area (Å²) in [5.74, 6) is 0. The molecule has 0 radical (unpaired) electrons. The Bertz CT molecular complexity index is 302. The molecule has 0 bridgehead atoms. The van der Waals surface area contributed by atoms with E-state index in [2.05, 4.69) is 20.8 Å². The van der Waals surface area contributed by atoms with Crippen molar-refractivity contribution in [3.8, 4) is 0 Å². The van der Waals surface area contributed by atoms with E-state index in [1.54, 1.807) is 0 Å². The monoisotopic (exact) mass is 442 g/mol. The van der Waals surface area contributed by atoms with Crippen molar-refractivity contribution >= 4 is 8.41 Å². The van der Waals surface area contributed by atoms with Crippen molar-refractivity contribution in [2.75, 3.05) is 0 Å².